The molecule has 0 amide bonds. The molecule has 20 heavy (non-hydrogen) atoms. The van der Waals surface area contributed by atoms with Gasteiger partial charge in [0.2, 0.25) is 5.28 Å². The second-order valence-electron chi connectivity index (χ2n) is 4.18. The Morgan fingerprint density at radius 2 is 1.75 bits per heavy atom. The van der Waals surface area contributed by atoms with Crippen molar-refractivity contribution in [1.82, 2.24) is 9.97 Å². The van der Waals surface area contributed by atoms with Gasteiger partial charge in [0.25, 0.3) is 0 Å². The van der Waals surface area contributed by atoms with E-state index in [0.717, 1.165) is 18.8 Å². The molecule has 4 nitrogen and oxygen atoms in total. The Morgan fingerprint density at radius 1 is 1.10 bits per heavy atom. The molecule has 1 heterocycles. The van der Waals surface area contributed by atoms with Crippen LogP contribution in [0.25, 0.3) is 0 Å². The highest BCUT2D eigenvalue weighted by Crippen LogP contribution is 2.25. The monoisotopic (exact) mass is 310 g/mol. The third kappa shape index (κ3) is 3.52. The predicted molar refractivity (Wildman–Crippen MR) is 85.3 cm³/mol. The number of rotatable bonds is 5. The van der Waals surface area contributed by atoms with Gasteiger partial charge in [0.15, 0.2) is 5.82 Å². The minimum atomic E-state index is 0.164. The lowest BCUT2D eigenvalue weighted by Gasteiger charge is -2.21. The van der Waals surface area contributed by atoms with Gasteiger partial charge in [-0.25, -0.2) is 4.98 Å². The molecular formula is C14H16Cl2N4. The Balaban J connectivity index is 2.16. The van der Waals surface area contributed by atoms with Gasteiger partial charge in [0.05, 0.1) is 6.20 Å². The minimum Gasteiger partial charge on any atom is -0.372 e. The molecule has 0 unspecified atom stereocenters. The van der Waals surface area contributed by atoms with Crippen LogP contribution in [-0.4, -0.2) is 23.1 Å². The zero-order valence-corrected chi connectivity index (χ0v) is 12.9. The quantitative estimate of drug-likeness (QED) is 0.832. The summed E-state index contributed by atoms with van der Waals surface area (Å²) in [6.45, 7) is 6.24. The largest absolute Gasteiger partial charge is 0.372 e. The molecule has 1 aromatic carbocycles. The van der Waals surface area contributed by atoms with Crippen LogP contribution < -0.4 is 10.2 Å². The van der Waals surface area contributed by atoms with Gasteiger partial charge in [-0.2, -0.15) is 4.98 Å². The van der Waals surface area contributed by atoms with E-state index in [2.05, 4.69) is 46.2 Å². The molecule has 0 fully saturated rings. The fourth-order valence-electron chi connectivity index (χ4n) is 1.91. The van der Waals surface area contributed by atoms with E-state index in [9.17, 15) is 0 Å². The van der Waals surface area contributed by atoms with Gasteiger partial charge in [-0.1, -0.05) is 11.6 Å². The topological polar surface area (TPSA) is 41.0 Å². The summed E-state index contributed by atoms with van der Waals surface area (Å²) >= 11 is 11.8. The molecule has 0 atom stereocenters. The molecule has 0 radical (unpaired) electrons. The van der Waals surface area contributed by atoms with E-state index >= 15 is 0 Å². The highest BCUT2D eigenvalue weighted by Gasteiger charge is 2.06. The average molecular weight is 311 g/mol. The Kier molecular flexibility index (Phi) is 5.04. The van der Waals surface area contributed by atoms with E-state index in [4.69, 9.17) is 23.2 Å². The van der Waals surface area contributed by atoms with E-state index in [-0.39, 0.29) is 5.28 Å². The Morgan fingerprint density at radius 3 is 2.35 bits per heavy atom. The van der Waals surface area contributed by atoms with E-state index in [1.54, 1.807) is 0 Å². The lowest BCUT2D eigenvalue weighted by molar-refractivity contribution is 0.866. The van der Waals surface area contributed by atoms with Gasteiger partial charge in [0, 0.05) is 24.5 Å². The van der Waals surface area contributed by atoms with Gasteiger partial charge < -0.3 is 10.2 Å². The van der Waals surface area contributed by atoms with Crippen molar-refractivity contribution in [2.75, 3.05) is 23.3 Å². The summed E-state index contributed by atoms with van der Waals surface area (Å²) < 4.78 is 0. The Labute approximate surface area is 128 Å². The van der Waals surface area contributed by atoms with E-state index in [1.165, 1.54) is 11.9 Å². The molecule has 0 bridgehead atoms. The Bertz CT molecular complexity index is 568. The normalized spacial score (nSPS) is 10.4. The van der Waals surface area contributed by atoms with Crippen LogP contribution >= 0.6 is 23.2 Å². The molecule has 0 spiro atoms. The lowest BCUT2D eigenvalue weighted by atomic mass is 10.2. The van der Waals surface area contributed by atoms with Crippen molar-refractivity contribution >= 4 is 40.4 Å². The van der Waals surface area contributed by atoms with Crippen molar-refractivity contribution < 1.29 is 0 Å². The molecular weight excluding hydrogens is 295 g/mol. The van der Waals surface area contributed by atoms with E-state index in [0.29, 0.717) is 10.8 Å². The number of nitrogens with zero attached hydrogens (tertiary/aromatic N) is 3. The average Bonchev–Trinajstić information content (AvgIpc) is 2.46. The number of hydrogen-bond acceptors (Lipinski definition) is 4. The van der Waals surface area contributed by atoms with Crippen LogP contribution in [0, 0.1) is 0 Å². The van der Waals surface area contributed by atoms with Crippen LogP contribution in [-0.2, 0) is 0 Å². The maximum atomic E-state index is 6.02. The SMILES string of the molecule is CCN(CC)c1ccc(Nc2nc(Cl)ncc2Cl)cc1. The van der Waals surface area contributed by atoms with Crippen molar-refractivity contribution in [2.24, 2.45) is 0 Å². The third-order valence-electron chi connectivity index (χ3n) is 2.97. The van der Waals surface area contributed by atoms with Crippen molar-refractivity contribution in [2.45, 2.75) is 13.8 Å². The van der Waals surface area contributed by atoms with Gasteiger partial charge in [-0.05, 0) is 49.7 Å². The van der Waals surface area contributed by atoms with Gasteiger partial charge >= 0.3 is 0 Å². The van der Waals surface area contributed by atoms with Crippen LogP contribution in [0.3, 0.4) is 0 Å². The number of anilines is 3. The number of hydrogen-bond donors (Lipinski definition) is 1. The van der Waals surface area contributed by atoms with Gasteiger partial charge in [0.1, 0.15) is 5.02 Å². The fraction of sp³-hybridized carbons (Fsp3) is 0.286. The van der Waals surface area contributed by atoms with Crippen LogP contribution in [0.15, 0.2) is 30.5 Å². The van der Waals surface area contributed by atoms with Crippen LogP contribution in [0.2, 0.25) is 10.3 Å². The van der Waals surface area contributed by atoms with E-state index < -0.39 is 0 Å². The molecule has 2 aromatic rings. The summed E-state index contributed by atoms with van der Waals surface area (Å²) in [7, 11) is 0. The summed E-state index contributed by atoms with van der Waals surface area (Å²) in [5.41, 5.74) is 2.09. The molecule has 0 aliphatic heterocycles. The first kappa shape index (κ1) is 14.9. The number of nitrogens with one attached hydrogen (secondary N) is 1. The molecule has 1 aromatic heterocycles. The number of benzene rings is 1. The maximum Gasteiger partial charge on any atom is 0.224 e. The molecule has 2 rings (SSSR count). The lowest BCUT2D eigenvalue weighted by Crippen LogP contribution is -2.21. The predicted octanol–water partition coefficient (Wildman–Crippen LogP) is 4.37. The molecule has 0 saturated heterocycles. The van der Waals surface area contributed by atoms with Gasteiger partial charge in [-0.3, -0.25) is 0 Å². The molecule has 6 heteroatoms. The summed E-state index contributed by atoms with van der Waals surface area (Å²) in [5, 5.41) is 3.73. The highest BCUT2D eigenvalue weighted by atomic mass is 35.5. The summed E-state index contributed by atoms with van der Waals surface area (Å²) in [6, 6.07) is 8.10. The van der Waals surface area contributed by atoms with Crippen LogP contribution in [0.4, 0.5) is 17.2 Å². The van der Waals surface area contributed by atoms with E-state index in [1.807, 2.05) is 12.1 Å². The molecule has 0 aliphatic rings. The highest BCUT2D eigenvalue weighted by molar-refractivity contribution is 6.33. The molecule has 0 saturated carbocycles. The molecule has 0 aliphatic carbocycles. The summed E-state index contributed by atoms with van der Waals surface area (Å²) in [4.78, 5) is 10.2. The number of aromatic nitrogens is 2. The first-order chi connectivity index (χ1) is 9.63. The van der Waals surface area contributed by atoms with Crippen molar-refractivity contribution in [3.63, 3.8) is 0 Å². The summed E-state index contributed by atoms with van der Waals surface area (Å²) in [5.74, 6) is 0.502. The smallest absolute Gasteiger partial charge is 0.224 e. The van der Waals surface area contributed by atoms with Crippen LogP contribution in [0.5, 0.6) is 0 Å². The van der Waals surface area contributed by atoms with Gasteiger partial charge in [-0.15, -0.1) is 0 Å². The second-order valence-corrected chi connectivity index (χ2v) is 4.93. The first-order valence-corrected chi connectivity index (χ1v) is 7.19. The van der Waals surface area contributed by atoms with Crippen molar-refractivity contribution in [3.05, 3.63) is 40.8 Å². The van der Waals surface area contributed by atoms with Crippen molar-refractivity contribution in [3.8, 4) is 0 Å². The standard InChI is InChI=1S/C14H16Cl2N4/c1-3-20(4-2)11-7-5-10(6-8-11)18-13-12(15)9-17-14(16)19-13/h5-9H,3-4H2,1-2H3,(H,17,18,19). The molecule has 1 N–H and O–H groups in total. The fourth-order valence-corrected chi connectivity index (χ4v) is 2.19. The number of halogens is 2. The summed E-state index contributed by atoms with van der Waals surface area (Å²) in [6.07, 6.45) is 1.48. The first-order valence-electron chi connectivity index (χ1n) is 6.44. The zero-order valence-electron chi connectivity index (χ0n) is 11.4. The zero-order chi connectivity index (χ0) is 14.5. The Hall–Kier alpha value is -1.52. The van der Waals surface area contributed by atoms with Crippen LogP contribution in [0.1, 0.15) is 13.8 Å². The van der Waals surface area contributed by atoms with Crippen molar-refractivity contribution in [1.29, 1.82) is 0 Å². The third-order valence-corrected chi connectivity index (χ3v) is 3.43. The maximum absolute atomic E-state index is 6.02. The molecule has 106 valence electrons. The minimum absolute atomic E-state index is 0.164. The second kappa shape index (κ2) is 6.77.